The van der Waals surface area contributed by atoms with Crippen LogP contribution in [0.1, 0.15) is 10.4 Å². The number of hydrogen-bond donors (Lipinski definition) is 1. The third kappa shape index (κ3) is 3.62. The largest absolute Gasteiger partial charge is 0.482 e. The van der Waals surface area contributed by atoms with Crippen molar-refractivity contribution in [2.75, 3.05) is 35.2 Å². The number of nitrogens with one attached hydrogen (secondary N) is 1. The van der Waals surface area contributed by atoms with Gasteiger partial charge in [0.1, 0.15) is 5.75 Å². The maximum Gasteiger partial charge on any atom is 0.264 e. The van der Waals surface area contributed by atoms with Gasteiger partial charge in [-0.05, 0) is 48.9 Å². The molecule has 2 aromatic carbocycles. The van der Waals surface area contributed by atoms with E-state index in [1.54, 1.807) is 32.3 Å². The van der Waals surface area contributed by atoms with Gasteiger partial charge < -0.3 is 14.5 Å². The van der Waals surface area contributed by atoms with Gasteiger partial charge in [0.2, 0.25) is 5.91 Å². The van der Waals surface area contributed by atoms with Crippen LogP contribution in [0.2, 0.25) is 0 Å². The van der Waals surface area contributed by atoms with Gasteiger partial charge in [-0.3, -0.25) is 14.3 Å². The average molecular weight is 485 g/mol. The van der Waals surface area contributed by atoms with Crippen LogP contribution in [-0.2, 0) is 26.0 Å². The number of carbonyl (C=O) groups is 2. The SMILES string of the molecule is Cc1sc(NS(=O)(=O)c2ccc3c(c2)CC(=O)N3C)nc1-c1ccc2c(c1)N(C)C(=O)CO2. The van der Waals surface area contributed by atoms with Gasteiger partial charge in [-0.2, -0.15) is 0 Å². The van der Waals surface area contributed by atoms with Gasteiger partial charge >= 0.3 is 0 Å². The first-order valence-corrected chi connectivity index (χ1v) is 12.4. The Kier molecular flexibility index (Phi) is 4.91. The Bertz CT molecular complexity index is 1430. The van der Waals surface area contributed by atoms with E-state index in [2.05, 4.69) is 9.71 Å². The molecule has 2 aliphatic heterocycles. The standard InChI is InChI=1S/C22H20N4O5S2/c1-12-21(13-4-7-18-17(9-13)26(3)20(28)11-31-18)23-22(32-12)24-33(29,30)15-5-6-16-14(8-15)10-19(27)25(16)2/h4-9H,10-11H2,1-3H3,(H,23,24). The Morgan fingerprint density at radius 3 is 2.58 bits per heavy atom. The molecule has 0 atom stereocenters. The lowest BCUT2D eigenvalue weighted by Gasteiger charge is -2.26. The molecule has 2 aliphatic rings. The van der Waals surface area contributed by atoms with Gasteiger partial charge in [-0.15, -0.1) is 11.3 Å². The van der Waals surface area contributed by atoms with Crippen LogP contribution in [0.4, 0.5) is 16.5 Å². The fourth-order valence-corrected chi connectivity index (χ4v) is 6.04. The van der Waals surface area contributed by atoms with Crippen LogP contribution in [0.15, 0.2) is 41.3 Å². The van der Waals surface area contributed by atoms with E-state index in [1.807, 2.05) is 13.0 Å². The van der Waals surface area contributed by atoms with Crippen LogP contribution in [0.3, 0.4) is 0 Å². The third-order valence-corrected chi connectivity index (χ3v) is 8.13. The fraction of sp³-hybridized carbons (Fsp3) is 0.227. The fourth-order valence-electron chi connectivity index (χ4n) is 3.91. The number of aryl methyl sites for hydroxylation is 1. The first-order valence-electron chi connectivity index (χ1n) is 10.1. The molecule has 3 aromatic rings. The summed E-state index contributed by atoms with van der Waals surface area (Å²) in [5, 5.41) is 0.231. The Morgan fingerprint density at radius 1 is 1.03 bits per heavy atom. The molecular formula is C22H20N4O5S2. The summed E-state index contributed by atoms with van der Waals surface area (Å²) >= 11 is 1.22. The number of hydrogen-bond acceptors (Lipinski definition) is 7. The molecule has 0 aliphatic carbocycles. The molecule has 9 nitrogen and oxygen atoms in total. The van der Waals surface area contributed by atoms with Crippen molar-refractivity contribution in [3.63, 3.8) is 0 Å². The summed E-state index contributed by atoms with van der Waals surface area (Å²) in [6.07, 6.45) is 0.175. The molecule has 0 bridgehead atoms. The number of sulfonamides is 1. The molecule has 33 heavy (non-hydrogen) atoms. The highest BCUT2D eigenvalue weighted by Gasteiger charge is 2.27. The lowest BCUT2D eigenvalue weighted by molar-refractivity contribution is -0.121. The van der Waals surface area contributed by atoms with E-state index < -0.39 is 10.0 Å². The van der Waals surface area contributed by atoms with Crippen LogP contribution in [0.25, 0.3) is 11.3 Å². The zero-order valence-corrected chi connectivity index (χ0v) is 19.7. The monoisotopic (exact) mass is 484 g/mol. The predicted molar refractivity (Wildman–Crippen MR) is 126 cm³/mol. The Morgan fingerprint density at radius 2 is 1.79 bits per heavy atom. The number of thiazole rings is 1. The summed E-state index contributed by atoms with van der Waals surface area (Å²) in [4.78, 5) is 32.3. The van der Waals surface area contributed by atoms with Crippen molar-refractivity contribution in [2.45, 2.75) is 18.2 Å². The number of anilines is 3. The van der Waals surface area contributed by atoms with Gasteiger partial charge in [0.15, 0.2) is 11.7 Å². The van der Waals surface area contributed by atoms with Crippen molar-refractivity contribution in [3.05, 3.63) is 46.8 Å². The van der Waals surface area contributed by atoms with E-state index >= 15 is 0 Å². The summed E-state index contributed by atoms with van der Waals surface area (Å²) in [6.45, 7) is 1.85. The van der Waals surface area contributed by atoms with Crippen molar-refractivity contribution in [1.29, 1.82) is 0 Å². The lowest BCUT2D eigenvalue weighted by atomic mass is 10.1. The number of amides is 2. The molecule has 0 saturated carbocycles. The summed E-state index contributed by atoms with van der Waals surface area (Å²) in [6, 6.07) is 10.1. The highest BCUT2D eigenvalue weighted by atomic mass is 32.2. The molecule has 0 fully saturated rings. The number of ether oxygens (including phenoxy) is 1. The zero-order valence-electron chi connectivity index (χ0n) is 18.1. The zero-order chi connectivity index (χ0) is 23.5. The first-order chi connectivity index (χ1) is 15.6. The molecule has 0 radical (unpaired) electrons. The summed E-state index contributed by atoms with van der Waals surface area (Å²) in [5.41, 5.74) is 3.39. The molecule has 0 spiro atoms. The molecule has 170 valence electrons. The van der Waals surface area contributed by atoms with Gasteiger partial charge in [0.25, 0.3) is 15.9 Å². The molecule has 2 amide bonds. The highest BCUT2D eigenvalue weighted by molar-refractivity contribution is 7.93. The number of likely N-dealkylation sites (N-methyl/N-ethyl adjacent to an activating group) is 2. The Balaban J connectivity index is 1.44. The molecule has 3 heterocycles. The topological polar surface area (TPSA) is 109 Å². The van der Waals surface area contributed by atoms with Crippen LogP contribution >= 0.6 is 11.3 Å². The normalized spacial score (nSPS) is 15.4. The van der Waals surface area contributed by atoms with Crippen LogP contribution < -0.4 is 19.3 Å². The van der Waals surface area contributed by atoms with Gasteiger partial charge in [0.05, 0.1) is 22.7 Å². The summed E-state index contributed by atoms with van der Waals surface area (Å²) < 4.78 is 34.0. The Hall–Kier alpha value is -3.44. The minimum atomic E-state index is -3.89. The van der Waals surface area contributed by atoms with E-state index in [-0.39, 0.29) is 34.9 Å². The van der Waals surface area contributed by atoms with E-state index in [0.29, 0.717) is 28.4 Å². The van der Waals surface area contributed by atoms with Gasteiger partial charge in [-0.1, -0.05) is 0 Å². The first kappa shape index (κ1) is 21.4. The molecule has 1 N–H and O–H groups in total. The lowest BCUT2D eigenvalue weighted by Crippen LogP contribution is -2.35. The molecular weight excluding hydrogens is 464 g/mol. The van der Waals surface area contributed by atoms with Gasteiger partial charge in [-0.25, -0.2) is 13.4 Å². The number of nitrogens with zero attached hydrogens (tertiary/aromatic N) is 3. The van der Waals surface area contributed by atoms with Crippen LogP contribution in [0.5, 0.6) is 5.75 Å². The Labute approximate surface area is 194 Å². The smallest absolute Gasteiger partial charge is 0.264 e. The van der Waals surface area contributed by atoms with E-state index in [9.17, 15) is 18.0 Å². The number of carbonyl (C=O) groups excluding carboxylic acids is 2. The number of rotatable bonds is 4. The predicted octanol–water partition coefficient (Wildman–Crippen LogP) is 2.79. The minimum absolute atomic E-state index is 0.00234. The van der Waals surface area contributed by atoms with E-state index in [0.717, 1.165) is 10.4 Å². The van der Waals surface area contributed by atoms with Crippen molar-refractivity contribution in [3.8, 4) is 17.0 Å². The van der Waals surface area contributed by atoms with Crippen LogP contribution in [0, 0.1) is 6.92 Å². The number of fused-ring (bicyclic) bond motifs is 2. The third-order valence-electron chi connectivity index (χ3n) is 5.78. The maximum atomic E-state index is 13.0. The highest BCUT2D eigenvalue weighted by Crippen LogP contribution is 2.38. The second kappa shape index (κ2) is 7.56. The molecule has 0 unspecified atom stereocenters. The van der Waals surface area contributed by atoms with Crippen LogP contribution in [-0.4, -0.2) is 45.9 Å². The molecule has 1 aromatic heterocycles. The summed E-state index contributed by atoms with van der Waals surface area (Å²) in [7, 11) is -0.540. The number of aromatic nitrogens is 1. The van der Waals surface area contributed by atoms with E-state index in [4.69, 9.17) is 4.74 Å². The molecule has 5 rings (SSSR count). The molecule has 11 heteroatoms. The second-order valence-electron chi connectivity index (χ2n) is 7.87. The van der Waals surface area contributed by atoms with Crippen molar-refractivity contribution in [1.82, 2.24) is 4.98 Å². The van der Waals surface area contributed by atoms with E-state index in [1.165, 1.54) is 33.3 Å². The molecule has 0 saturated heterocycles. The maximum absolute atomic E-state index is 13.0. The van der Waals surface area contributed by atoms with Gasteiger partial charge in [0, 0.05) is 30.2 Å². The second-order valence-corrected chi connectivity index (χ2v) is 10.8. The quantitative estimate of drug-likeness (QED) is 0.610. The van der Waals surface area contributed by atoms with Crippen molar-refractivity contribution >= 4 is 49.7 Å². The minimum Gasteiger partial charge on any atom is -0.482 e. The summed E-state index contributed by atoms with van der Waals surface area (Å²) in [5.74, 6) is 0.385. The van der Waals surface area contributed by atoms with Crippen molar-refractivity contribution < 1.29 is 22.7 Å². The average Bonchev–Trinajstić information content (AvgIpc) is 3.28. The van der Waals surface area contributed by atoms with Crippen molar-refractivity contribution in [2.24, 2.45) is 0 Å². The number of benzene rings is 2.